The number of carbonyl (C=O) groups is 11. The third-order valence-electron chi connectivity index (χ3n) is 17.3. The Morgan fingerprint density at radius 1 is 0.465 bits per heavy atom. The number of benzene rings is 2. The highest BCUT2D eigenvalue weighted by atomic mass is 16.5. The van der Waals surface area contributed by atoms with E-state index in [0.717, 1.165) is 60.2 Å². The van der Waals surface area contributed by atoms with Gasteiger partial charge in [-0.05, 0) is 109 Å². The molecule has 24 heteroatoms. The average molecular weight is 1380 g/mol. The van der Waals surface area contributed by atoms with Gasteiger partial charge in [-0.3, -0.25) is 43.2 Å². The van der Waals surface area contributed by atoms with E-state index >= 15 is 0 Å². The number of unbranched alkanes of at least 4 members (excludes halogenated alkanes) is 13. The smallest absolute Gasteiger partial charge is 0.243 e. The van der Waals surface area contributed by atoms with E-state index < -0.39 is 35.2 Å². The molecule has 1 aromatic heterocycles. The third-order valence-corrected chi connectivity index (χ3v) is 17.3. The quantitative estimate of drug-likeness (QED) is 0.0259. The summed E-state index contributed by atoms with van der Waals surface area (Å²) in [6.07, 6.45) is 16.7. The highest BCUT2D eigenvalue weighted by Gasteiger charge is 2.31. The Hall–Kier alpha value is -7.73. The topological polar surface area (TPSA) is 324 Å². The number of nitrogens with one attached hydrogen (secondary N) is 7. The Labute approximate surface area is 587 Å². The van der Waals surface area contributed by atoms with Gasteiger partial charge in [-0.1, -0.05) is 127 Å². The standard InChI is InChI=1S/C75H117N11O13/c1-7-8-9-10-25-45-76-65(90)37-23-24-39-70(95)85-55-58-32-19-20-33-59(58)72-71(60-34-21-22-35-63(60)85)83-84-86(72)50-52-99-54-53-98-51-44-68(93)79-48-28-14-18-38-69(94)81-62(41-43-67(92)78-47-27-13-17-36-64(89)75(4,5)6)74(97)82-61(73(96)80-49-29-12-16-31-57(3)88)40-42-66(91)77-46-26-11-15-30-56(2)87/h19-22,32-35,61-62H,7-18,23-31,36-55H2,1-6H3,(H,76,90)(H,77,91)(H,78,92)(H,79,93)(H,80,96)(H,81,94)(H,82,97). The minimum atomic E-state index is -1.19. The number of anilines is 1. The summed E-state index contributed by atoms with van der Waals surface area (Å²) in [6.45, 7) is 14.8. The maximum Gasteiger partial charge on any atom is 0.243 e. The molecule has 2 unspecified atom stereocenters. The molecule has 0 aliphatic carbocycles. The zero-order chi connectivity index (χ0) is 72.1. The summed E-state index contributed by atoms with van der Waals surface area (Å²) < 4.78 is 13.5. The SMILES string of the molecule is CCCCCCCNC(=O)CCCCC(=O)N1Cc2ccccc2-c2c(nnn2CCOCCOCCC(=O)NCCCCCC(=O)NC(CCC(=O)NCCCCCC(=O)C(C)(C)C)C(=O)NC(CCC(=O)NCCCCCC(C)=O)C(=O)NCCCCCC(C)=O)-c2ccccc21. The summed E-state index contributed by atoms with van der Waals surface area (Å²) in [7, 11) is 0. The molecule has 1 aliphatic rings. The second-order valence-corrected chi connectivity index (χ2v) is 27.0. The fraction of sp³-hybridized carbons (Fsp3) is 0.667. The van der Waals surface area contributed by atoms with Gasteiger partial charge in [0.15, 0.2) is 0 Å². The number of hydrogen-bond acceptors (Lipinski definition) is 15. The summed E-state index contributed by atoms with van der Waals surface area (Å²) in [5.41, 5.74) is 4.48. The Balaban J connectivity index is 1.21. The zero-order valence-electron chi connectivity index (χ0n) is 60.4. The fourth-order valence-corrected chi connectivity index (χ4v) is 11.4. The van der Waals surface area contributed by atoms with Crippen molar-refractivity contribution in [1.82, 2.24) is 52.2 Å². The van der Waals surface area contributed by atoms with Gasteiger partial charge in [0.1, 0.15) is 35.1 Å². The van der Waals surface area contributed by atoms with Crippen LogP contribution in [-0.4, -0.2) is 151 Å². The van der Waals surface area contributed by atoms with Crippen molar-refractivity contribution in [2.24, 2.45) is 5.41 Å². The highest BCUT2D eigenvalue weighted by Crippen LogP contribution is 2.41. The first-order valence-electron chi connectivity index (χ1n) is 36.7. The van der Waals surface area contributed by atoms with Gasteiger partial charge in [-0.25, -0.2) is 4.68 Å². The van der Waals surface area contributed by atoms with Crippen molar-refractivity contribution in [2.45, 2.75) is 259 Å². The van der Waals surface area contributed by atoms with E-state index in [2.05, 4.69) is 54.5 Å². The number of ketones is 3. The van der Waals surface area contributed by atoms with Crippen LogP contribution in [0.4, 0.5) is 5.69 Å². The molecule has 0 spiro atoms. The lowest BCUT2D eigenvalue weighted by Gasteiger charge is -2.28. The minimum Gasteiger partial charge on any atom is -0.379 e. The Kier molecular flexibility index (Phi) is 41.4. The van der Waals surface area contributed by atoms with Crippen molar-refractivity contribution in [3.05, 3.63) is 54.1 Å². The lowest BCUT2D eigenvalue weighted by molar-refractivity contribution is -0.133. The van der Waals surface area contributed by atoms with Crippen molar-refractivity contribution in [1.29, 1.82) is 0 Å². The van der Waals surface area contributed by atoms with Gasteiger partial charge in [0.05, 0.1) is 50.9 Å². The maximum atomic E-state index is 14.1. The van der Waals surface area contributed by atoms with Crippen LogP contribution in [-0.2, 0) is 75.3 Å². The van der Waals surface area contributed by atoms with Crippen LogP contribution in [0.2, 0.25) is 0 Å². The van der Waals surface area contributed by atoms with Gasteiger partial charge in [-0.15, -0.1) is 5.10 Å². The third kappa shape index (κ3) is 35.2. The van der Waals surface area contributed by atoms with Gasteiger partial charge in [0.2, 0.25) is 47.3 Å². The largest absolute Gasteiger partial charge is 0.379 e. The Morgan fingerprint density at radius 2 is 0.929 bits per heavy atom. The van der Waals surface area contributed by atoms with Crippen LogP contribution in [0.15, 0.2) is 48.5 Å². The molecule has 0 bridgehead atoms. The molecular formula is C75H117N11O13. The molecule has 7 N–H and O–H groups in total. The molecule has 2 aromatic carbocycles. The molecule has 4 rings (SSSR count). The van der Waals surface area contributed by atoms with Crippen molar-refractivity contribution in [3.8, 4) is 22.5 Å². The van der Waals surface area contributed by atoms with E-state index in [4.69, 9.17) is 9.47 Å². The summed E-state index contributed by atoms with van der Waals surface area (Å²) >= 11 is 0. The van der Waals surface area contributed by atoms with E-state index in [1.54, 1.807) is 0 Å². The van der Waals surface area contributed by atoms with Crippen LogP contribution in [0.1, 0.15) is 240 Å². The molecule has 2 atom stereocenters. The van der Waals surface area contributed by atoms with Gasteiger partial charge < -0.3 is 61.2 Å². The van der Waals surface area contributed by atoms with Gasteiger partial charge in [0.25, 0.3) is 0 Å². The average Bonchev–Trinajstić information content (AvgIpc) is 1.69. The van der Waals surface area contributed by atoms with Crippen LogP contribution in [0.3, 0.4) is 0 Å². The molecule has 1 aliphatic heterocycles. The Bertz CT molecular complexity index is 3000. The first-order valence-corrected chi connectivity index (χ1v) is 36.7. The molecule has 3 aromatic rings. The normalized spacial score (nSPS) is 12.3. The summed E-state index contributed by atoms with van der Waals surface area (Å²) in [4.78, 5) is 143. The molecule has 8 amide bonds. The number of hydrogen-bond donors (Lipinski definition) is 7. The Morgan fingerprint density at radius 3 is 1.52 bits per heavy atom. The van der Waals surface area contributed by atoms with Gasteiger partial charge in [-0.2, -0.15) is 0 Å². The van der Waals surface area contributed by atoms with Crippen LogP contribution in [0.5, 0.6) is 0 Å². The summed E-state index contributed by atoms with van der Waals surface area (Å²) in [6, 6.07) is 13.4. The fourth-order valence-electron chi connectivity index (χ4n) is 11.4. The van der Waals surface area contributed by atoms with Gasteiger partial charge >= 0.3 is 0 Å². The molecule has 0 radical (unpaired) electrons. The maximum absolute atomic E-state index is 14.1. The monoisotopic (exact) mass is 1380 g/mol. The van der Waals surface area contributed by atoms with Crippen LogP contribution in [0, 0.1) is 5.41 Å². The van der Waals surface area contributed by atoms with Crippen LogP contribution in [0.25, 0.3) is 22.5 Å². The number of ether oxygens (including phenoxy) is 2. The number of nitrogens with zero attached hydrogens (tertiary/aromatic N) is 4. The number of rotatable bonds is 54. The molecule has 0 saturated carbocycles. The van der Waals surface area contributed by atoms with Crippen molar-refractivity contribution < 1.29 is 62.2 Å². The van der Waals surface area contributed by atoms with E-state index in [-0.39, 0.29) is 112 Å². The second-order valence-electron chi connectivity index (χ2n) is 27.0. The second kappa shape index (κ2) is 48.9. The lowest BCUT2D eigenvalue weighted by atomic mass is 9.88. The number of amides is 8. The van der Waals surface area contributed by atoms with Gasteiger partial charge in [0, 0.05) is 107 Å². The van der Waals surface area contributed by atoms with Crippen molar-refractivity contribution in [3.63, 3.8) is 0 Å². The van der Waals surface area contributed by atoms with E-state index in [1.165, 1.54) is 33.1 Å². The number of aromatic nitrogens is 3. The predicted octanol–water partition coefficient (Wildman–Crippen LogP) is 9.56. The number of carbonyl (C=O) groups excluding carboxylic acids is 11. The molecule has 0 fully saturated rings. The van der Waals surface area contributed by atoms with E-state index in [9.17, 15) is 52.7 Å². The van der Waals surface area contributed by atoms with E-state index in [1.807, 2.05) is 78.9 Å². The molecule has 0 saturated heterocycles. The van der Waals surface area contributed by atoms with Crippen molar-refractivity contribution >= 4 is 70.3 Å². The molecule has 24 nitrogen and oxygen atoms in total. The first kappa shape index (κ1) is 83.7. The summed E-state index contributed by atoms with van der Waals surface area (Å²) in [5, 5.41) is 29.2. The first-order chi connectivity index (χ1) is 47.7. The molecular weight excluding hydrogens is 1260 g/mol. The number of fused-ring (bicyclic) bond motifs is 5. The van der Waals surface area contributed by atoms with Crippen LogP contribution < -0.4 is 42.1 Å². The minimum absolute atomic E-state index is 0.0257. The number of Topliss-reactive ketones (excluding diaryl/α,β-unsaturated/α-hetero) is 3. The molecule has 2 heterocycles. The zero-order valence-corrected chi connectivity index (χ0v) is 60.4. The van der Waals surface area contributed by atoms with E-state index in [0.29, 0.717) is 154 Å². The summed E-state index contributed by atoms with van der Waals surface area (Å²) in [5.74, 6) is -2.10. The van der Waals surface area contributed by atoms with Crippen LogP contribution >= 0.6 is 0 Å². The number of para-hydroxylation sites is 1. The molecule has 99 heavy (non-hydrogen) atoms. The van der Waals surface area contributed by atoms with Crippen molar-refractivity contribution in [2.75, 3.05) is 64.1 Å². The lowest BCUT2D eigenvalue weighted by Crippen LogP contribution is -2.54. The highest BCUT2D eigenvalue weighted by molar-refractivity contribution is 6.00. The molecule has 550 valence electrons. The predicted molar refractivity (Wildman–Crippen MR) is 383 cm³/mol.